The quantitative estimate of drug-likeness (QED) is 0.692. The van der Waals surface area contributed by atoms with Crippen LogP contribution in [0.3, 0.4) is 0 Å². The Kier molecular flexibility index (Phi) is 7.52. The van der Waals surface area contributed by atoms with Gasteiger partial charge in [-0.15, -0.1) is 0 Å². The topological polar surface area (TPSA) is 44.4 Å². The lowest BCUT2D eigenvalue weighted by Crippen LogP contribution is -2.42. The van der Waals surface area contributed by atoms with Gasteiger partial charge in [0.25, 0.3) is 0 Å². The van der Waals surface area contributed by atoms with Crippen LogP contribution in [0.2, 0.25) is 0 Å². The molecule has 1 aromatic carbocycles. The molecule has 0 aliphatic carbocycles. The molecular weight excluding hydrogens is 342 g/mol. The van der Waals surface area contributed by atoms with Crippen LogP contribution < -0.4 is 10.6 Å². The van der Waals surface area contributed by atoms with E-state index in [0.29, 0.717) is 5.92 Å². The van der Waals surface area contributed by atoms with Gasteiger partial charge in [0, 0.05) is 19.6 Å². The van der Waals surface area contributed by atoms with E-state index >= 15 is 0 Å². The molecule has 1 aliphatic rings. The number of aryl methyl sites for hydroxylation is 1. The summed E-state index contributed by atoms with van der Waals surface area (Å²) in [6, 6.07) is 12.6. The number of nitrogens with one attached hydrogen (secondary N) is 2. The van der Waals surface area contributed by atoms with Crippen molar-refractivity contribution in [3.8, 4) is 0 Å². The van der Waals surface area contributed by atoms with Crippen molar-refractivity contribution in [3.63, 3.8) is 0 Å². The zero-order valence-corrected chi connectivity index (χ0v) is 16.1. The summed E-state index contributed by atoms with van der Waals surface area (Å²) in [4.78, 5) is 14.5. The molecule has 1 saturated heterocycles. The number of nitrogens with zero attached hydrogens (tertiary/aromatic N) is 1. The van der Waals surface area contributed by atoms with Gasteiger partial charge in [-0.25, -0.2) is 4.79 Å². The van der Waals surface area contributed by atoms with E-state index in [-0.39, 0.29) is 6.03 Å². The van der Waals surface area contributed by atoms with E-state index in [1.165, 1.54) is 24.0 Å². The molecule has 0 bridgehead atoms. The molecule has 3 rings (SSSR count). The highest BCUT2D eigenvalue weighted by molar-refractivity contribution is 7.07. The second-order valence-electron chi connectivity index (χ2n) is 7.08. The minimum absolute atomic E-state index is 0.0289. The maximum atomic E-state index is 11.9. The number of urea groups is 1. The minimum Gasteiger partial charge on any atom is -0.338 e. The lowest BCUT2D eigenvalue weighted by Gasteiger charge is -2.31. The minimum atomic E-state index is -0.0289. The molecule has 26 heavy (non-hydrogen) atoms. The van der Waals surface area contributed by atoms with E-state index in [0.717, 1.165) is 45.6 Å². The molecule has 0 saturated carbocycles. The summed E-state index contributed by atoms with van der Waals surface area (Å²) in [5.74, 6) is 0.601. The number of piperidine rings is 1. The van der Waals surface area contributed by atoms with Crippen LogP contribution in [0.5, 0.6) is 0 Å². The summed E-state index contributed by atoms with van der Waals surface area (Å²) >= 11 is 1.77. The Morgan fingerprint density at radius 3 is 2.62 bits per heavy atom. The molecule has 2 amide bonds. The number of amides is 2. The number of likely N-dealkylation sites (tertiary alicyclic amines) is 1. The normalized spacial score (nSPS) is 15.7. The van der Waals surface area contributed by atoms with Crippen molar-refractivity contribution in [2.45, 2.75) is 32.2 Å². The maximum Gasteiger partial charge on any atom is 0.314 e. The van der Waals surface area contributed by atoms with E-state index in [4.69, 9.17) is 0 Å². The molecule has 0 atom stereocenters. The number of hydrogen-bond donors (Lipinski definition) is 2. The van der Waals surface area contributed by atoms with Crippen LogP contribution in [0.4, 0.5) is 4.79 Å². The van der Waals surface area contributed by atoms with E-state index in [9.17, 15) is 4.79 Å². The van der Waals surface area contributed by atoms with Gasteiger partial charge in [0.2, 0.25) is 0 Å². The maximum absolute atomic E-state index is 11.9. The van der Waals surface area contributed by atoms with Crippen LogP contribution in [-0.4, -0.2) is 37.1 Å². The second-order valence-corrected chi connectivity index (χ2v) is 7.86. The molecule has 1 fully saturated rings. The molecule has 140 valence electrons. The van der Waals surface area contributed by atoms with Crippen molar-refractivity contribution in [3.05, 3.63) is 58.3 Å². The zero-order chi connectivity index (χ0) is 18.0. The summed E-state index contributed by atoms with van der Waals surface area (Å²) < 4.78 is 0. The van der Waals surface area contributed by atoms with Crippen LogP contribution in [0, 0.1) is 5.92 Å². The van der Waals surface area contributed by atoms with Crippen molar-refractivity contribution < 1.29 is 4.79 Å². The Labute approximate surface area is 160 Å². The van der Waals surface area contributed by atoms with Gasteiger partial charge >= 0.3 is 6.03 Å². The SMILES string of the molecule is O=C(NCCCc1ccccc1)NCC1CCN(Cc2ccsc2)CC1. The van der Waals surface area contributed by atoms with Crippen LogP contribution in [0.25, 0.3) is 0 Å². The average molecular weight is 372 g/mol. The van der Waals surface area contributed by atoms with Crippen LogP contribution in [-0.2, 0) is 13.0 Å². The third kappa shape index (κ3) is 6.46. The van der Waals surface area contributed by atoms with Gasteiger partial charge in [-0.3, -0.25) is 4.90 Å². The number of hydrogen-bond acceptors (Lipinski definition) is 3. The summed E-state index contributed by atoms with van der Waals surface area (Å²) in [6.07, 6.45) is 4.30. The molecular formula is C21H29N3OS. The summed E-state index contributed by atoms with van der Waals surface area (Å²) in [5, 5.41) is 10.4. The van der Waals surface area contributed by atoms with Crippen molar-refractivity contribution in [2.24, 2.45) is 5.92 Å². The molecule has 1 aromatic heterocycles. The molecule has 5 heteroatoms. The highest BCUT2D eigenvalue weighted by Gasteiger charge is 2.19. The third-order valence-electron chi connectivity index (χ3n) is 5.02. The second kappa shape index (κ2) is 10.3. The summed E-state index contributed by atoms with van der Waals surface area (Å²) in [7, 11) is 0. The summed E-state index contributed by atoms with van der Waals surface area (Å²) in [6.45, 7) is 4.82. The fourth-order valence-electron chi connectivity index (χ4n) is 3.43. The Morgan fingerprint density at radius 2 is 1.88 bits per heavy atom. The number of benzene rings is 1. The first-order valence-corrected chi connectivity index (χ1v) is 10.5. The number of carbonyl (C=O) groups is 1. The lowest BCUT2D eigenvalue weighted by atomic mass is 9.96. The Bertz CT molecular complexity index is 637. The Hall–Kier alpha value is -1.85. The average Bonchev–Trinajstić information content (AvgIpc) is 3.19. The van der Waals surface area contributed by atoms with E-state index in [1.807, 2.05) is 6.07 Å². The van der Waals surface area contributed by atoms with Gasteiger partial charge in [0.1, 0.15) is 0 Å². The van der Waals surface area contributed by atoms with Gasteiger partial charge in [-0.1, -0.05) is 30.3 Å². The van der Waals surface area contributed by atoms with Crippen LogP contribution >= 0.6 is 11.3 Å². The zero-order valence-electron chi connectivity index (χ0n) is 15.3. The fraction of sp³-hybridized carbons (Fsp3) is 0.476. The van der Waals surface area contributed by atoms with Gasteiger partial charge in [-0.2, -0.15) is 11.3 Å². The predicted molar refractivity (Wildman–Crippen MR) is 108 cm³/mol. The molecule has 1 aliphatic heterocycles. The summed E-state index contributed by atoms with van der Waals surface area (Å²) in [5.41, 5.74) is 2.74. The smallest absolute Gasteiger partial charge is 0.314 e. The Morgan fingerprint density at radius 1 is 1.08 bits per heavy atom. The van der Waals surface area contributed by atoms with Gasteiger partial charge in [0.05, 0.1) is 0 Å². The molecule has 2 aromatic rings. The first kappa shape index (κ1) is 18.9. The largest absolute Gasteiger partial charge is 0.338 e. The van der Waals surface area contributed by atoms with E-state index in [1.54, 1.807) is 11.3 Å². The molecule has 0 unspecified atom stereocenters. The third-order valence-corrected chi connectivity index (χ3v) is 5.75. The van der Waals surface area contributed by atoms with Crippen LogP contribution in [0.15, 0.2) is 47.2 Å². The van der Waals surface area contributed by atoms with Crippen LogP contribution in [0.1, 0.15) is 30.4 Å². The predicted octanol–water partition coefficient (Wildman–Crippen LogP) is 3.89. The van der Waals surface area contributed by atoms with E-state index < -0.39 is 0 Å². The molecule has 2 heterocycles. The molecule has 2 N–H and O–H groups in total. The first-order valence-electron chi connectivity index (χ1n) is 9.58. The van der Waals surface area contributed by atoms with Crippen molar-refractivity contribution in [2.75, 3.05) is 26.2 Å². The fourth-order valence-corrected chi connectivity index (χ4v) is 4.09. The van der Waals surface area contributed by atoms with Crippen molar-refractivity contribution in [1.29, 1.82) is 0 Å². The monoisotopic (exact) mass is 371 g/mol. The molecule has 4 nitrogen and oxygen atoms in total. The standard InChI is InChI=1S/C21H29N3OS/c25-21(22-11-4-7-18-5-2-1-3-6-18)23-15-19-8-12-24(13-9-19)16-20-10-14-26-17-20/h1-3,5-6,10,14,17,19H,4,7-9,11-13,15-16H2,(H2,22,23,25). The van der Waals surface area contributed by atoms with Gasteiger partial charge < -0.3 is 10.6 Å². The number of carbonyl (C=O) groups excluding carboxylic acids is 1. The highest BCUT2D eigenvalue weighted by atomic mass is 32.1. The highest BCUT2D eigenvalue weighted by Crippen LogP contribution is 2.19. The molecule has 0 spiro atoms. The number of thiophene rings is 1. The number of rotatable bonds is 8. The van der Waals surface area contributed by atoms with Crippen molar-refractivity contribution >= 4 is 17.4 Å². The Balaban J connectivity index is 1.23. The van der Waals surface area contributed by atoms with Gasteiger partial charge in [-0.05, 0) is 72.6 Å². The molecule has 0 radical (unpaired) electrons. The van der Waals surface area contributed by atoms with E-state index in [2.05, 4.69) is 56.6 Å². The lowest BCUT2D eigenvalue weighted by molar-refractivity contribution is 0.175. The first-order chi connectivity index (χ1) is 12.8. The van der Waals surface area contributed by atoms with Gasteiger partial charge in [0.15, 0.2) is 0 Å². The van der Waals surface area contributed by atoms with Crippen molar-refractivity contribution in [1.82, 2.24) is 15.5 Å².